The third kappa shape index (κ3) is 5.02. The number of carbonyl (C=O) groups excluding carboxylic acids is 2. The minimum Gasteiger partial charge on any atom is -0.336 e. The number of likely N-dealkylation sites (N-methyl/N-ethyl adjacent to an activating group) is 1. The van der Waals surface area contributed by atoms with Crippen LogP contribution in [-0.4, -0.2) is 51.0 Å². The summed E-state index contributed by atoms with van der Waals surface area (Å²) in [5, 5.41) is 3.94. The van der Waals surface area contributed by atoms with Gasteiger partial charge in [0, 0.05) is 18.9 Å². The number of thioether (sulfide) groups is 1. The van der Waals surface area contributed by atoms with E-state index in [9.17, 15) is 9.59 Å². The predicted molar refractivity (Wildman–Crippen MR) is 112 cm³/mol. The number of amides is 2. The van der Waals surface area contributed by atoms with Crippen molar-refractivity contribution in [2.75, 3.05) is 24.7 Å². The number of rotatable bonds is 6. The van der Waals surface area contributed by atoms with Crippen LogP contribution in [0.1, 0.15) is 11.1 Å². The van der Waals surface area contributed by atoms with Gasteiger partial charge in [-0.05, 0) is 37.1 Å². The Kier molecular flexibility index (Phi) is 6.21. The fourth-order valence-electron chi connectivity index (χ4n) is 2.52. The maximum absolute atomic E-state index is 12.3. The molecule has 7 nitrogen and oxygen atoms in total. The number of halogens is 1. The van der Waals surface area contributed by atoms with E-state index in [2.05, 4.69) is 20.3 Å². The quantitative estimate of drug-likeness (QED) is 0.599. The second-order valence-electron chi connectivity index (χ2n) is 6.47. The Balaban J connectivity index is 1.53. The van der Waals surface area contributed by atoms with Crippen molar-refractivity contribution in [3.63, 3.8) is 0 Å². The highest BCUT2D eigenvalue weighted by atomic mass is 35.5. The van der Waals surface area contributed by atoms with Gasteiger partial charge in [-0.2, -0.15) is 0 Å². The van der Waals surface area contributed by atoms with Gasteiger partial charge >= 0.3 is 0 Å². The number of imidazole rings is 1. The number of H-pyrrole nitrogens is 1. The number of nitrogens with one attached hydrogen (secondary N) is 2. The van der Waals surface area contributed by atoms with Crippen LogP contribution >= 0.6 is 23.4 Å². The van der Waals surface area contributed by atoms with Crippen LogP contribution < -0.4 is 5.32 Å². The number of benzene rings is 1. The topological polar surface area (TPSA) is 91.0 Å². The molecular weight excluding hydrogens is 398 g/mol. The normalized spacial score (nSPS) is 10.9. The number of hydrogen-bond donors (Lipinski definition) is 2. The largest absolute Gasteiger partial charge is 0.336 e. The SMILES string of the molecule is Cc1ccc(C)c(NC(=O)CN(C)C(=O)CSc2nc3ncc(Cl)cc3[nH]2)c1. The lowest BCUT2D eigenvalue weighted by molar-refractivity contribution is -0.131. The summed E-state index contributed by atoms with van der Waals surface area (Å²) in [6, 6.07) is 7.57. The maximum Gasteiger partial charge on any atom is 0.243 e. The average molecular weight is 418 g/mol. The predicted octanol–water partition coefficient (Wildman–Crippen LogP) is 3.42. The second-order valence-corrected chi connectivity index (χ2v) is 7.87. The van der Waals surface area contributed by atoms with Gasteiger partial charge in [-0.1, -0.05) is 35.5 Å². The van der Waals surface area contributed by atoms with Crippen LogP contribution in [0.15, 0.2) is 35.6 Å². The van der Waals surface area contributed by atoms with Crippen molar-refractivity contribution in [1.29, 1.82) is 0 Å². The number of anilines is 1. The molecule has 0 saturated carbocycles. The number of aryl methyl sites for hydroxylation is 2. The summed E-state index contributed by atoms with van der Waals surface area (Å²) in [5.74, 6) is -0.259. The summed E-state index contributed by atoms with van der Waals surface area (Å²) in [6.07, 6.45) is 1.52. The molecule has 0 spiro atoms. The van der Waals surface area contributed by atoms with E-state index < -0.39 is 0 Å². The van der Waals surface area contributed by atoms with E-state index >= 15 is 0 Å². The Labute approximate surface area is 171 Å². The molecule has 2 heterocycles. The van der Waals surface area contributed by atoms with Crippen molar-refractivity contribution < 1.29 is 9.59 Å². The van der Waals surface area contributed by atoms with Crippen LogP contribution in [0, 0.1) is 13.8 Å². The highest BCUT2D eigenvalue weighted by Crippen LogP contribution is 2.21. The molecule has 0 radical (unpaired) electrons. The molecule has 0 saturated heterocycles. The first-order valence-corrected chi connectivity index (χ1v) is 9.93. The van der Waals surface area contributed by atoms with Gasteiger partial charge in [0.25, 0.3) is 0 Å². The van der Waals surface area contributed by atoms with E-state index in [0.717, 1.165) is 16.8 Å². The first kappa shape index (κ1) is 20.2. The van der Waals surface area contributed by atoms with Gasteiger partial charge in [-0.3, -0.25) is 9.59 Å². The summed E-state index contributed by atoms with van der Waals surface area (Å²) in [6.45, 7) is 3.86. The number of hydrogen-bond acceptors (Lipinski definition) is 5. The standard InChI is InChI=1S/C19H20ClN5O2S/c1-11-4-5-12(2)14(6-11)22-16(26)9-25(3)17(27)10-28-19-23-15-7-13(20)8-21-18(15)24-19/h4-8H,9-10H2,1-3H3,(H,22,26)(H,21,23,24). The van der Waals surface area contributed by atoms with E-state index in [4.69, 9.17) is 11.6 Å². The van der Waals surface area contributed by atoms with Gasteiger partial charge in [0.05, 0.1) is 22.8 Å². The molecule has 2 aromatic heterocycles. The van der Waals surface area contributed by atoms with Crippen LogP contribution in [0.5, 0.6) is 0 Å². The molecule has 2 amide bonds. The molecule has 3 rings (SSSR count). The molecule has 0 atom stereocenters. The zero-order valence-corrected chi connectivity index (χ0v) is 17.3. The van der Waals surface area contributed by atoms with E-state index in [1.54, 1.807) is 13.1 Å². The van der Waals surface area contributed by atoms with Gasteiger partial charge in [0.15, 0.2) is 10.8 Å². The molecule has 146 valence electrons. The third-order valence-electron chi connectivity index (χ3n) is 4.09. The molecule has 0 bridgehead atoms. The Hall–Kier alpha value is -2.58. The van der Waals surface area contributed by atoms with E-state index in [1.165, 1.54) is 22.9 Å². The van der Waals surface area contributed by atoms with Crippen LogP contribution in [0.3, 0.4) is 0 Å². The summed E-state index contributed by atoms with van der Waals surface area (Å²) in [4.78, 5) is 37.5. The Bertz CT molecular complexity index is 1040. The molecular formula is C19H20ClN5O2S. The van der Waals surface area contributed by atoms with E-state index in [-0.39, 0.29) is 24.1 Å². The lowest BCUT2D eigenvalue weighted by Gasteiger charge is -2.17. The molecule has 0 fully saturated rings. The number of fused-ring (bicyclic) bond motifs is 1. The zero-order valence-electron chi connectivity index (χ0n) is 15.7. The fraction of sp³-hybridized carbons (Fsp3) is 0.263. The van der Waals surface area contributed by atoms with Crippen molar-refractivity contribution >= 4 is 52.0 Å². The number of pyridine rings is 1. The first-order valence-electron chi connectivity index (χ1n) is 8.57. The van der Waals surface area contributed by atoms with Crippen LogP contribution in [0.4, 0.5) is 5.69 Å². The third-order valence-corrected chi connectivity index (χ3v) is 5.15. The average Bonchev–Trinajstić information content (AvgIpc) is 3.04. The van der Waals surface area contributed by atoms with Gasteiger partial charge in [-0.15, -0.1) is 0 Å². The van der Waals surface area contributed by atoms with Crippen LogP contribution in [-0.2, 0) is 9.59 Å². The van der Waals surface area contributed by atoms with E-state index in [0.29, 0.717) is 21.3 Å². The zero-order chi connectivity index (χ0) is 20.3. The maximum atomic E-state index is 12.3. The smallest absolute Gasteiger partial charge is 0.243 e. The van der Waals surface area contributed by atoms with Crippen LogP contribution in [0.2, 0.25) is 5.02 Å². The molecule has 0 aliphatic rings. The fourth-order valence-corrected chi connectivity index (χ4v) is 3.50. The second kappa shape index (κ2) is 8.62. The first-order chi connectivity index (χ1) is 13.3. The molecule has 0 aliphatic carbocycles. The number of aromatic nitrogens is 3. The van der Waals surface area contributed by atoms with Crippen molar-refractivity contribution in [2.24, 2.45) is 0 Å². The summed E-state index contributed by atoms with van der Waals surface area (Å²) >= 11 is 7.16. The van der Waals surface area contributed by atoms with Crippen molar-refractivity contribution in [1.82, 2.24) is 19.9 Å². The molecule has 9 heteroatoms. The summed E-state index contributed by atoms with van der Waals surface area (Å²) < 4.78 is 0. The Morgan fingerprint density at radius 2 is 2.07 bits per heavy atom. The molecule has 2 N–H and O–H groups in total. The van der Waals surface area contributed by atoms with Gasteiger partial charge in [0.2, 0.25) is 11.8 Å². The van der Waals surface area contributed by atoms with Gasteiger partial charge < -0.3 is 15.2 Å². The van der Waals surface area contributed by atoms with Crippen molar-refractivity contribution in [3.8, 4) is 0 Å². The Morgan fingerprint density at radius 3 is 2.86 bits per heavy atom. The minimum absolute atomic E-state index is 0.0237. The van der Waals surface area contributed by atoms with E-state index in [1.807, 2.05) is 32.0 Å². The minimum atomic E-state index is -0.239. The summed E-state index contributed by atoms with van der Waals surface area (Å²) in [7, 11) is 1.60. The molecule has 3 aromatic rings. The van der Waals surface area contributed by atoms with Crippen molar-refractivity contribution in [3.05, 3.63) is 46.6 Å². The number of carbonyl (C=O) groups is 2. The molecule has 1 aromatic carbocycles. The lowest BCUT2D eigenvalue weighted by Crippen LogP contribution is -2.36. The molecule has 28 heavy (non-hydrogen) atoms. The summed E-state index contributed by atoms with van der Waals surface area (Å²) in [5.41, 5.74) is 4.04. The van der Waals surface area contributed by atoms with Crippen LogP contribution in [0.25, 0.3) is 11.2 Å². The van der Waals surface area contributed by atoms with Gasteiger partial charge in [-0.25, -0.2) is 9.97 Å². The lowest BCUT2D eigenvalue weighted by atomic mass is 10.1. The highest BCUT2D eigenvalue weighted by molar-refractivity contribution is 7.99. The number of nitrogens with zero attached hydrogens (tertiary/aromatic N) is 3. The molecule has 0 aliphatic heterocycles. The van der Waals surface area contributed by atoms with Crippen molar-refractivity contribution in [2.45, 2.75) is 19.0 Å². The highest BCUT2D eigenvalue weighted by Gasteiger charge is 2.15. The monoisotopic (exact) mass is 417 g/mol. The molecule has 0 unspecified atom stereocenters. The number of aromatic amines is 1. The Morgan fingerprint density at radius 1 is 1.29 bits per heavy atom. The van der Waals surface area contributed by atoms with Gasteiger partial charge in [0.1, 0.15) is 0 Å².